The van der Waals surface area contributed by atoms with Gasteiger partial charge in [-0.2, -0.15) is 8.42 Å². The van der Waals surface area contributed by atoms with Gasteiger partial charge in [0, 0.05) is 77.7 Å². The SMILES string of the molecule is CNC(=O)CCCC(=O)N[C@H](C(=O)N[C@@H](CCCCNC(=O)CCOCCOCCOCCOCCC(=O)NCCS(=O)(=O)O)C(=O)NCc1ccc([C@H]2O[C@@H]2[C@@H](C)[C@@H]2C/C=C/C(=O)N[C@H](Cc3ccc(OC)c(Cl)c3)C(=O)NCC(C)(C)C(=O)O[C@@H](CC(C)C)C(=O)O2)cc1)C(C)C. The van der Waals surface area contributed by atoms with Crippen LogP contribution in [0.25, 0.3) is 0 Å². The lowest BCUT2D eigenvalue weighted by molar-refractivity contribution is -0.179. The number of epoxide rings is 1. The number of methoxy groups -OCH3 is 1. The van der Waals surface area contributed by atoms with Crippen molar-refractivity contribution < 1.29 is 98.8 Å². The Morgan fingerprint density at radius 1 is 0.727 bits per heavy atom. The van der Waals surface area contributed by atoms with Gasteiger partial charge in [-0.3, -0.25) is 47.7 Å². The molecule has 2 aromatic carbocycles. The molecule has 0 spiro atoms. The highest BCUT2D eigenvalue weighted by Gasteiger charge is 2.48. The van der Waals surface area contributed by atoms with Crippen LogP contribution in [-0.2, 0) is 104 Å². The lowest BCUT2D eigenvalue weighted by Gasteiger charge is -2.29. The lowest BCUT2D eigenvalue weighted by Crippen LogP contribution is -2.55. The number of unbranched alkanes of at least 4 members (excludes halogenated alkanes) is 1. The van der Waals surface area contributed by atoms with Crippen molar-refractivity contribution in [3.05, 3.63) is 76.3 Å². The molecule has 2 aliphatic rings. The molecular weight excluding hydrogens is 1330 g/mol. The van der Waals surface area contributed by atoms with Crippen molar-refractivity contribution in [3.8, 4) is 5.75 Å². The zero-order valence-electron chi connectivity index (χ0n) is 58.3. The number of amides is 8. The fourth-order valence-electron chi connectivity index (χ4n) is 10.1. The average molecular weight is 1440 g/mol. The van der Waals surface area contributed by atoms with Crippen LogP contribution in [0.3, 0.4) is 0 Å². The minimum Gasteiger partial charge on any atom is -0.495 e. The van der Waals surface area contributed by atoms with E-state index in [0.29, 0.717) is 34.7 Å². The van der Waals surface area contributed by atoms with Crippen molar-refractivity contribution in [1.29, 1.82) is 0 Å². The van der Waals surface area contributed by atoms with Gasteiger partial charge in [-0.25, -0.2) is 4.79 Å². The number of nitrogens with one attached hydrogen (secondary N) is 8. The predicted molar refractivity (Wildman–Crippen MR) is 364 cm³/mol. The maximum absolute atomic E-state index is 14.1. The molecule has 554 valence electrons. The van der Waals surface area contributed by atoms with Crippen molar-refractivity contribution >= 4 is 80.9 Å². The van der Waals surface area contributed by atoms with E-state index in [9.17, 15) is 56.4 Å². The zero-order valence-corrected chi connectivity index (χ0v) is 59.9. The summed E-state index contributed by atoms with van der Waals surface area (Å²) in [5.41, 5.74) is 0.834. The van der Waals surface area contributed by atoms with Crippen LogP contribution < -0.4 is 47.3 Å². The summed E-state index contributed by atoms with van der Waals surface area (Å²) in [6.45, 7) is 14.1. The fourth-order valence-corrected chi connectivity index (χ4v) is 10.7. The molecule has 8 atom stereocenters. The van der Waals surface area contributed by atoms with Gasteiger partial charge in [-0.1, -0.05) is 82.6 Å². The smallest absolute Gasteiger partial charge is 0.347 e. The van der Waals surface area contributed by atoms with Gasteiger partial charge in [0.05, 0.1) is 82.3 Å². The Hall–Kier alpha value is -7.32. The molecule has 2 aliphatic heterocycles. The summed E-state index contributed by atoms with van der Waals surface area (Å²) in [4.78, 5) is 132. The monoisotopic (exact) mass is 1430 g/mol. The first kappa shape index (κ1) is 84.1. The highest BCUT2D eigenvalue weighted by molar-refractivity contribution is 7.85. The second-order valence-corrected chi connectivity index (χ2v) is 27.6. The molecule has 2 heterocycles. The molecule has 0 saturated carbocycles. The third-order valence-electron chi connectivity index (χ3n) is 16.0. The number of halogens is 1. The van der Waals surface area contributed by atoms with Gasteiger partial charge in [-0.05, 0) is 92.7 Å². The number of esters is 2. The Bertz CT molecular complexity index is 3100. The quantitative estimate of drug-likeness (QED) is 0.0199. The van der Waals surface area contributed by atoms with Crippen LogP contribution in [0.5, 0.6) is 5.75 Å². The topological polar surface area (TPSA) is 398 Å². The summed E-state index contributed by atoms with van der Waals surface area (Å²) >= 11 is 6.40. The summed E-state index contributed by atoms with van der Waals surface area (Å²) in [6.07, 6.45) is 1.61. The number of carbonyl (C=O) groups excluding carboxylic acids is 10. The molecular formula is C68H103ClN8O21S. The Morgan fingerprint density at radius 2 is 1.33 bits per heavy atom. The number of benzene rings is 2. The highest BCUT2D eigenvalue weighted by Crippen LogP contribution is 2.45. The Morgan fingerprint density at radius 3 is 1.92 bits per heavy atom. The van der Waals surface area contributed by atoms with Crippen molar-refractivity contribution in [3.63, 3.8) is 0 Å². The first-order valence-corrected chi connectivity index (χ1v) is 35.6. The summed E-state index contributed by atoms with van der Waals surface area (Å²) in [6, 6.07) is 9.24. The van der Waals surface area contributed by atoms with Crippen LogP contribution in [0.15, 0.2) is 54.6 Å². The molecule has 0 unspecified atom stereocenters. The van der Waals surface area contributed by atoms with Crippen LogP contribution in [0.2, 0.25) is 5.02 Å². The number of hydrogen-bond acceptors (Lipinski definition) is 20. The minimum atomic E-state index is -4.15. The van der Waals surface area contributed by atoms with E-state index in [1.165, 1.54) is 20.2 Å². The molecule has 1 saturated heterocycles. The molecule has 4 rings (SSSR count). The standard InChI is InChI=1S/C68H103ClN8O21S/c1-43(2)38-54-66(86)96-52(15-12-17-58(81)75-51(40-47-21-24-53(91-9)49(69)39-47)64(84)74-42-68(6,7)67(87)97-54)45(5)61-62(98-61)48-22-19-46(20-23-48)41-73-63(83)50(76-65(85)60(44(3)4)77-59(82)18-13-16-55(78)70-8)14-10-11-27-71-56(79)25-29-92-31-33-94-35-36-95-34-32-93-30-26-57(80)72-28-37-99(88,89)90/h12,17,19-24,39,43-45,50-52,54,60-62H,10-11,13-16,18,25-38,40-42H2,1-9H3,(H,70,78)(H,71,79)(H,72,80)(H,73,83)(H,74,84)(H,75,81)(H,76,85)(H,77,82)(H,88,89,90)/b17-12+/t45-,50-,51+,52-,54-,60-,61+,62+/m0/s1. The van der Waals surface area contributed by atoms with E-state index in [1.54, 1.807) is 52.0 Å². The molecule has 2 aromatic rings. The molecule has 29 nitrogen and oxygen atoms in total. The van der Waals surface area contributed by atoms with Crippen LogP contribution in [0, 0.1) is 23.2 Å². The van der Waals surface area contributed by atoms with E-state index in [4.69, 9.17) is 54.0 Å². The maximum atomic E-state index is 14.1. The highest BCUT2D eigenvalue weighted by atomic mass is 35.5. The van der Waals surface area contributed by atoms with Crippen LogP contribution in [0.4, 0.5) is 0 Å². The number of hydrogen-bond donors (Lipinski definition) is 9. The Kier molecular flexibility index (Phi) is 37.4. The molecule has 0 aliphatic carbocycles. The van der Waals surface area contributed by atoms with E-state index in [1.807, 2.05) is 45.0 Å². The Balaban J connectivity index is 1.33. The summed E-state index contributed by atoms with van der Waals surface area (Å²) < 4.78 is 75.5. The second kappa shape index (κ2) is 44.0. The van der Waals surface area contributed by atoms with E-state index in [-0.39, 0.29) is 160 Å². The molecule has 0 radical (unpaired) electrons. The first-order valence-electron chi connectivity index (χ1n) is 33.6. The van der Waals surface area contributed by atoms with E-state index in [0.717, 1.165) is 5.56 Å². The summed E-state index contributed by atoms with van der Waals surface area (Å²) in [5.74, 6) is -6.09. The van der Waals surface area contributed by atoms with Gasteiger partial charge >= 0.3 is 11.9 Å². The number of ether oxygens (including phenoxy) is 8. The summed E-state index contributed by atoms with van der Waals surface area (Å²) in [7, 11) is -1.18. The third-order valence-corrected chi connectivity index (χ3v) is 17.0. The maximum Gasteiger partial charge on any atom is 0.347 e. The normalized spacial score (nSPS) is 19.4. The van der Waals surface area contributed by atoms with Crippen LogP contribution in [-0.4, -0.2) is 201 Å². The van der Waals surface area contributed by atoms with E-state index >= 15 is 0 Å². The molecule has 31 heteroatoms. The second-order valence-electron chi connectivity index (χ2n) is 25.6. The van der Waals surface area contributed by atoms with Crippen LogP contribution >= 0.6 is 11.6 Å². The van der Waals surface area contributed by atoms with E-state index < -0.39 is 117 Å². The van der Waals surface area contributed by atoms with E-state index in [2.05, 4.69) is 42.5 Å². The average Bonchev–Trinajstić information content (AvgIpc) is 1.63. The van der Waals surface area contributed by atoms with Gasteiger partial charge in [0.25, 0.3) is 10.1 Å². The predicted octanol–water partition coefficient (Wildman–Crippen LogP) is 3.42. The molecule has 0 aromatic heterocycles. The van der Waals surface area contributed by atoms with Gasteiger partial charge in [-0.15, -0.1) is 0 Å². The Labute approximate surface area is 585 Å². The molecule has 1 fully saturated rings. The third kappa shape index (κ3) is 33.1. The van der Waals surface area contributed by atoms with Gasteiger partial charge in [0.15, 0.2) is 6.10 Å². The van der Waals surface area contributed by atoms with Crippen molar-refractivity contribution in [1.82, 2.24) is 42.5 Å². The van der Waals surface area contributed by atoms with Crippen LogP contribution in [0.1, 0.15) is 135 Å². The first-order chi connectivity index (χ1) is 47.0. The summed E-state index contributed by atoms with van der Waals surface area (Å²) in [5, 5.41) is 22.1. The lowest BCUT2D eigenvalue weighted by atomic mass is 9.92. The fraction of sp³-hybridized carbons (Fsp3) is 0.647. The van der Waals surface area contributed by atoms with Gasteiger partial charge in [0.1, 0.15) is 36.1 Å². The number of carbonyl (C=O) groups is 10. The molecule has 0 bridgehead atoms. The van der Waals surface area contributed by atoms with Crippen molar-refractivity contribution in [2.75, 3.05) is 92.4 Å². The van der Waals surface area contributed by atoms with Crippen molar-refractivity contribution in [2.24, 2.45) is 23.2 Å². The number of cyclic esters (lactones) is 2. The molecule has 9 N–H and O–H groups in total. The number of rotatable bonds is 42. The zero-order chi connectivity index (χ0) is 73.1. The van der Waals surface area contributed by atoms with Gasteiger partial charge in [0.2, 0.25) is 47.3 Å². The van der Waals surface area contributed by atoms with Gasteiger partial charge < -0.3 is 80.4 Å². The largest absolute Gasteiger partial charge is 0.495 e. The van der Waals surface area contributed by atoms with Crippen molar-refractivity contribution in [2.45, 2.75) is 168 Å². The molecule has 99 heavy (non-hydrogen) atoms. The molecule has 8 amide bonds. The minimum absolute atomic E-state index is 0.00644.